The van der Waals surface area contributed by atoms with E-state index in [-0.39, 0.29) is 5.91 Å². The van der Waals surface area contributed by atoms with Crippen molar-refractivity contribution >= 4 is 49.8 Å². The summed E-state index contributed by atoms with van der Waals surface area (Å²) in [4.78, 5) is 27.3. The monoisotopic (exact) mass is 455 g/mol. The third-order valence-corrected chi connectivity index (χ3v) is 7.14. The fourth-order valence-corrected chi connectivity index (χ4v) is 5.11. The fourth-order valence-electron chi connectivity index (χ4n) is 3.77. The van der Waals surface area contributed by atoms with Crippen LogP contribution in [0.25, 0.3) is 15.9 Å². The molecule has 0 atom stereocenters. The van der Waals surface area contributed by atoms with Crippen LogP contribution in [0.15, 0.2) is 36.5 Å². The summed E-state index contributed by atoms with van der Waals surface area (Å²) in [5.41, 5.74) is 3.93. The van der Waals surface area contributed by atoms with E-state index in [9.17, 15) is 4.79 Å². The zero-order valence-electron chi connectivity index (χ0n) is 18.2. The minimum Gasteiger partial charge on any atom is -0.302 e. The van der Waals surface area contributed by atoms with E-state index >= 15 is 0 Å². The molecule has 0 aliphatic carbocycles. The average Bonchev–Trinajstić information content (AvgIpc) is 3.35. The second-order valence-corrected chi connectivity index (χ2v) is 8.88. The molecule has 0 saturated heterocycles. The first-order chi connectivity index (χ1) is 14.9. The Morgan fingerprint density at radius 2 is 1.87 bits per heavy atom. The number of anilines is 1. The van der Waals surface area contributed by atoms with Crippen molar-refractivity contribution in [3.05, 3.63) is 58.5 Å². The summed E-state index contributed by atoms with van der Waals surface area (Å²) in [6, 6.07) is 9.59. The van der Waals surface area contributed by atoms with Crippen molar-refractivity contribution in [2.24, 2.45) is 0 Å². The van der Waals surface area contributed by atoms with E-state index in [1.54, 1.807) is 4.90 Å². The average molecular weight is 456 g/mol. The third-order valence-electron chi connectivity index (χ3n) is 5.60. The third kappa shape index (κ3) is 4.05. The lowest BCUT2D eigenvalue weighted by Crippen LogP contribution is -2.39. The van der Waals surface area contributed by atoms with Gasteiger partial charge < -0.3 is 4.90 Å². The fraction of sp³-hybridized carbons (Fsp3) is 0.348. The van der Waals surface area contributed by atoms with Crippen LogP contribution >= 0.6 is 22.9 Å². The number of nitrogens with zero attached hydrogens (tertiary/aromatic N) is 5. The molecule has 1 aromatic carbocycles. The molecule has 3 aromatic heterocycles. The molecule has 1 amide bonds. The van der Waals surface area contributed by atoms with Gasteiger partial charge in [0.2, 0.25) is 0 Å². The van der Waals surface area contributed by atoms with Gasteiger partial charge in [-0.1, -0.05) is 48.9 Å². The van der Waals surface area contributed by atoms with Crippen molar-refractivity contribution in [2.75, 3.05) is 31.1 Å². The van der Waals surface area contributed by atoms with Gasteiger partial charge in [-0.2, -0.15) is 0 Å². The molecule has 0 unspecified atom stereocenters. The summed E-state index contributed by atoms with van der Waals surface area (Å²) in [6.45, 7) is 11.3. The molecular weight excluding hydrogens is 430 g/mol. The molecule has 6 nitrogen and oxygen atoms in total. The number of carbonyl (C=O) groups excluding carboxylic acids is 1. The molecular formula is C23H26ClN5OS. The Morgan fingerprint density at radius 3 is 2.58 bits per heavy atom. The second kappa shape index (κ2) is 8.94. The number of hydrogen-bond acceptors (Lipinski definition) is 5. The van der Waals surface area contributed by atoms with Gasteiger partial charge in [0.25, 0.3) is 5.91 Å². The Morgan fingerprint density at radius 1 is 1.10 bits per heavy atom. The van der Waals surface area contributed by atoms with E-state index in [1.165, 1.54) is 11.3 Å². The number of aromatic nitrogens is 3. The lowest BCUT2D eigenvalue weighted by molar-refractivity contribution is 0.0977. The maximum Gasteiger partial charge on any atom is 0.279 e. The zero-order valence-corrected chi connectivity index (χ0v) is 19.8. The molecule has 4 aromatic rings. The first-order valence-electron chi connectivity index (χ1n) is 10.5. The number of thiazole rings is 1. The van der Waals surface area contributed by atoms with Crippen molar-refractivity contribution in [3.63, 3.8) is 0 Å². The van der Waals surface area contributed by atoms with Gasteiger partial charge in [-0.25, -0.2) is 9.97 Å². The molecule has 0 aliphatic rings. The van der Waals surface area contributed by atoms with Crippen molar-refractivity contribution in [1.82, 2.24) is 19.3 Å². The highest BCUT2D eigenvalue weighted by atomic mass is 35.5. The van der Waals surface area contributed by atoms with Gasteiger partial charge in [0.1, 0.15) is 11.3 Å². The Bertz CT molecular complexity index is 1200. The van der Waals surface area contributed by atoms with Crippen molar-refractivity contribution in [3.8, 4) is 0 Å². The summed E-state index contributed by atoms with van der Waals surface area (Å²) in [5.74, 6) is -0.101. The molecule has 0 bridgehead atoms. The Balaban J connectivity index is 1.81. The molecule has 8 heteroatoms. The number of imidazole rings is 1. The second-order valence-electron chi connectivity index (χ2n) is 7.50. The van der Waals surface area contributed by atoms with Gasteiger partial charge in [0.15, 0.2) is 5.13 Å². The number of aryl methyl sites for hydroxylation is 2. The summed E-state index contributed by atoms with van der Waals surface area (Å²) in [7, 11) is 0. The van der Waals surface area contributed by atoms with Crippen LogP contribution in [0.1, 0.15) is 35.6 Å². The topological polar surface area (TPSA) is 53.7 Å². The van der Waals surface area contributed by atoms with Gasteiger partial charge in [0.05, 0.1) is 20.9 Å². The predicted octanol–water partition coefficient (Wildman–Crippen LogP) is 5.20. The molecule has 162 valence electrons. The van der Waals surface area contributed by atoms with E-state index < -0.39 is 0 Å². The molecule has 0 saturated carbocycles. The lowest BCUT2D eigenvalue weighted by atomic mass is 10.2. The number of halogens is 1. The molecule has 0 aliphatic heterocycles. The highest BCUT2D eigenvalue weighted by Crippen LogP contribution is 2.36. The maximum absolute atomic E-state index is 13.9. The molecule has 31 heavy (non-hydrogen) atoms. The molecule has 4 rings (SSSR count). The summed E-state index contributed by atoms with van der Waals surface area (Å²) in [5, 5.41) is 1.32. The Labute approximate surface area is 191 Å². The summed E-state index contributed by atoms with van der Waals surface area (Å²) in [6.07, 6.45) is 1.88. The van der Waals surface area contributed by atoms with Gasteiger partial charge >= 0.3 is 0 Å². The number of fused-ring (bicyclic) bond motifs is 2. The van der Waals surface area contributed by atoms with Crippen molar-refractivity contribution in [2.45, 2.75) is 27.7 Å². The van der Waals surface area contributed by atoms with Gasteiger partial charge in [-0.05, 0) is 50.7 Å². The van der Waals surface area contributed by atoms with Crippen LogP contribution in [0.5, 0.6) is 0 Å². The molecule has 0 N–H and O–H groups in total. The normalized spacial score (nSPS) is 11.7. The number of amides is 1. The molecule has 0 radical (unpaired) electrons. The molecule has 0 fully saturated rings. The molecule has 3 heterocycles. The minimum absolute atomic E-state index is 0.101. The van der Waals surface area contributed by atoms with Crippen LogP contribution in [0.2, 0.25) is 5.02 Å². The van der Waals surface area contributed by atoms with E-state index in [1.807, 2.05) is 54.8 Å². The van der Waals surface area contributed by atoms with Gasteiger partial charge in [-0.3, -0.25) is 14.1 Å². The minimum atomic E-state index is -0.101. The SMILES string of the molecule is CCN(CC)CCN(C(=O)c1c(C)nc2ccccn12)c1nc2c(C)ccc(Cl)c2s1. The molecule has 0 spiro atoms. The van der Waals surface area contributed by atoms with Crippen LogP contribution in [0.3, 0.4) is 0 Å². The van der Waals surface area contributed by atoms with E-state index in [0.29, 0.717) is 28.1 Å². The Kier molecular flexibility index (Phi) is 6.27. The van der Waals surface area contributed by atoms with Gasteiger partial charge in [-0.15, -0.1) is 0 Å². The number of likely N-dealkylation sites (N-methyl/N-ethyl adjacent to an activating group) is 1. The van der Waals surface area contributed by atoms with Crippen molar-refractivity contribution < 1.29 is 4.79 Å². The van der Waals surface area contributed by atoms with Crippen LogP contribution in [-0.4, -0.2) is 51.4 Å². The smallest absolute Gasteiger partial charge is 0.279 e. The first kappa shape index (κ1) is 21.7. The standard InChI is InChI=1S/C23H26ClN5OS/c1-5-27(6-2)13-14-29(23-26-19-15(3)10-11-17(24)21(19)31-23)22(30)20-16(4)25-18-9-7-8-12-28(18)20/h7-12H,5-6,13-14H2,1-4H3. The summed E-state index contributed by atoms with van der Waals surface area (Å²) >= 11 is 7.91. The number of hydrogen-bond donors (Lipinski definition) is 0. The number of rotatable bonds is 7. The quantitative estimate of drug-likeness (QED) is 0.384. The Hall–Kier alpha value is -2.48. The van der Waals surface area contributed by atoms with Crippen molar-refractivity contribution in [1.29, 1.82) is 0 Å². The van der Waals surface area contributed by atoms with Crippen LogP contribution in [-0.2, 0) is 0 Å². The van der Waals surface area contributed by atoms with E-state index in [2.05, 4.69) is 23.7 Å². The van der Waals surface area contributed by atoms with E-state index in [0.717, 1.165) is 41.1 Å². The first-order valence-corrected chi connectivity index (χ1v) is 11.7. The van der Waals surface area contributed by atoms with Crippen LogP contribution in [0.4, 0.5) is 5.13 Å². The highest BCUT2D eigenvalue weighted by Gasteiger charge is 2.27. The van der Waals surface area contributed by atoms with Crippen LogP contribution < -0.4 is 4.90 Å². The van der Waals surface area contributed by atoms with E-state index in [4.69, 9.17) is 16.6 Å². The number of pyridine rings is 1. The number of benzene rings is 1. The number of carbonyl (C=O) groups is 1. The largest absolute Gasteiger partial charge is 0.302 e. The zero-order chi connectivity index (χ0) is 22.1. The summed E-state index contributed by atoms with van der Waals surface area (Å²) < 4.78 is 2.76. The lowest BCUT2D eigenvalue weighted by Gasteiger charge is -2.24. The predicted molar refractivity (Wildman–Crippen MR) is 129 cm³/mol. The maximum atomic E-state index is 13.9. The van der Waals surface area contributed by atoms with Crippen LogP contribution in [0, 0.1) is 13.8 Å². The van der Waals surface area contributed by atoms with Gasteiger partial charge in [0, 0.05) is 19.3 Å². The highest BCUT2D eigenvalue weighted by molar-refractivity contribution is 7.23.